The summed E-state index contributed by atoms with van der Waals surface area (Å²) in [5.41, 5.74) is 1.18. The van der Waals surface area contributed by atoms with Crippen LogP contribution in [-0.4, -0.2) is 25.4 Å². The van der Waals surface area contributed by atoms with Crippen molar-refractivity contribution in [3.63, 3.8) is 0 Å². The second-order valence-corrected chi connectivity index (χ2v) is 9.51. The van der Waals surface area contributed by atoms with Crippen LogP contribution in [0.4, 0.5) is 0 Å². The average molecular weight is 356 g/mol. The summed E-state index contributed by atoms with van der Waals surface area (Å²) in [6.45, 7) is 0. The Morgan fingerprint density at radius 2 is 1.52 bits per heavy atom. The van der Waals surface area contributed by atoms with Crippen molar-refractivity contribution in [2.45, 2.75) is 49.0 Å². The zero-order valence-electron chi connectivity index (χ0n) is 14.3. The van der Waals surface area contributed by atoms with Gasteiger partial charge in [0.2, 0.25) is 0 Å². The number of rotatable bonds is 1. The van der Waals surface area contributed by atoms with E-state index in [-0.39, 0.29) is 11.7 Å². The molecule has 3 nitrogen and oxygen atoms in total. The van der Waals surface area contributed by atoms with Gasteiger partial charge in [0.15, 0.2) is 9.84 Å². The zero-order valence-corrected chi connectivity index (χ0v) is 15.1. The first kappa shape index (κ1) is 16.8. The van der Waals surface area contributed by atoms with E-state index in [4.69, 9.17) is 0 Å². The van der Waals surface area contributed by atoms with Gasteiger partial charge in [0.1, 0.15) is 0 Å². The lowest BCUT2D eigenvalue weighted by Crippen LogP contribution is -2.44. The average Bonchev–Trinajstić information content (AvgIpc) is 2.69. The van der Waals surface area contributed by atoms with E-state index in [1.54, 1.807) is 12.1 Å². The predicted octanol–water partition coefficient (Wildman–Crippen LogP) is 3.92. The molecule has 0 saturated heterocycles. The summed E-state index contributed by atoms with van der Waals surface area (Å²) in [6.07, 6.45) is 3.98. The van der Waals surface area contributed by atoms with Crippen molar-refractivity contribution in [1.82, 2.24) is 0 Å². The molecule has 132 valence electrons. The highest BCUT2D eigenvalue weighted by Gasteiger charge is 2.50. The third kappa shape index (κ3) is 2.81. The monoisotopic (exact) mass is 356 g/mol. The molecule has 0 unspecified atom stereocenters. The van der Waals surface area contributed by atoms with Gasteiger partial charge >= 0.3 is 0 Å². The molecule has 4 heteroatoms. The van der Waals surface area contributed by atoms with Gasteiger partial charge in [-0.15, -0.1) is 0 Å². The smallest absolute Gasteiger partial charge is 0.179 e. The Kier molecular flexibility index (Phi) is 4.20. The van der Waals surface area contributed by atoms with Crippen molar-refractivity contribution in [2.75, 3.05) is 5.75 Å². The van der Waals surface area contributed by atoms with Crippen LogP contribution >= 0.6 is 0 Å². The molecule has 25 heavy (non-hydrogen) atoms. The maximum absolute atomic E-state index is 13.2. The summed E-state index contributed by atoms with van der Waals surface area (Å²) in [5.74, 6) is -0.241. The van der Waals surface area contributed by atoms with Gasteiger partial charge in [-0.05, 0) is 30.0 Å². The predicted molar refractivity (Wildman–Crippen MR) is 98.3 cm³/mol. The summed E-state index contributed by atoms with van der Waals surface area (Å²) in [7, 11) is -3.42. The van der Waals surface area contributed by atoms with Crippen molar-refractivity contribution >= 4 is 9.84 Å². The Balaban J connectivity index is 1.96. The van der Waals surface area contributed by atoms with Crippen molar-refractivity contribution in [3.05, 3.63) is 65.7 Å². The molecule has 1 fully saturated rings. The number of hydrogen-bond acceptors (Lipinski definition) is 3. The molecule has 1 saturated carbocycles. The van der Waals surface area contributed by atoms with E-state index < -0.39 is 21.4 Å². The van der Waals surface area contributed by atoms with Crippen LogP contribution in [0.25, 0.3) is 0 Å². The Bertz CT molecular complexity index is 852. The third-order valence-corrected chi connectivity index (χ3v) is 8.01. The van der Waals surface area contributed by atoms with E-state index in [1.807, 2.05) is 42.5 Å². The number of hydrogen-bond donors (Lipinski definition) is 1. The third-order valence-electron chi connectivity index (χ3n) is 6.02. The standard InChI is InChI=1S/C21H24O3S/c22-20-19(16-9-3-1-4-10-16)17-11-5-6-12-18(17)25(23,24)15-21(20)13-7-2-8-14-21/h1,3-6,9-12,19-20,22H,2,7-8,13-15H2/t19-,20+/m1/s1. The fourth-order valence-electron chi connectivity index (χ4n) is 4.80. The maximum Gasteiger partial charge on any atom is 0.179 e. The van der Waals surface area contributed by atoms with E-state index in [2.05, 4.69) is 0 Å². The summed E-state index contributed by atoms with van der Waals surface area (Å²) in [5, 5.41) is 11.5. The Labute approximate surface area is 149 Å². The summed E-state index contributed by atoms with van der Waals surface area (Å²) in [4.78, 5) is 0.394. The Morgan fingerprint density at radius 1 is 0.880 bits per heavy atom. The second kappa shape index (κ2) is 6.26. The highest BCUT2D eigenvalue weighted by Crippen LogP contribution is 2.50. The lowest BCUT2D eigenvalue weighted by Gasteiger charge is -2.42. The fourth-order valence-corrected chi connectivity index (χ4v) is 7.02. The number of fused-ring (bicyclic) bond motifs is 1. The minimum atomic E-state index is -3.42. The highest BCUT2D eigenvalue weighted by atomic mass is 32.2. The number of benzene rings is 2. The van der Waals surface area contributed by atoms with Gasteiger partial charge in [0, 0.05) is 11.3 Å². The minimum Gasteiger partial charge on any atom is -0.392 e. The molecule has 1 spiro atoms. The Hall–Kier alpha value is -1.65. The van der Waals surface area contributed by atoms with Crippen molar-refractivity contribution in [2.24, 2.45) is 5.41 Å². The molecule has 1 aliphatic heterocycles. The van der Waals surface area contributed by atoms with E-state index in [1.165, 1.54) is 0 Å². The molecule has 0 aromatic heterocycles. The zero-order chi connectivity index (χ0) is 17.5. The second-order valence-electron chi connectivity index (χ2n) is 7.55. The molecule has 2 aromatic rings. The molecule has 2 atom stereocenters. The normalized spacial score (nSPS) is 27.4. The van der Waals surface area contributed by atoms with Crippen molar-refractivity contribution in [1.29, 1.82) is 0 Å². The van der Waals surface area contributed by atoms with Gasteiger partial charge in [-0.2, -0.15) is 0 Å². The first-order chi connectivity index (χ1) is 12.0. The molecule has 0 bridgehead atoms. The van der Waals surface area contributed by atoms with E-state index in [9.17, 15) is 13.5 Å². The van der Waals surface area contributed by atoms with Crippen LogP contribution in [0, 0.1) is 5.41 Å². The lowest BCUT2D eigenvalue weighted by molar-refractivity contribution is 0.00241. The van der Waals surface area contributed by atoms with Crippen molar-refractivity contribution < 1.29 is 13.5 Å². The number of sulfone groups is 1. The van der Waals surface area contributed by atoms with Gasteiger partial charge in [-0.25, -0.2) is 8.42 Å². The molecule has 0 radical (unpaired) electrons. The molecule has 0 amide bonds. The van der Waals surface area contributed by atoms with Crippen LogP contribution in [0.1, 0.15) is 49.1 Å². The van der Waals surface area contributed by atoms with Gasteiger partial charge in [-0.1, -0.05) is 67.8 Å². The largest absolute Gasteiger partial charge is 0.392 e. The number of aliphatic hydroxyl groups excluding tert-OH is 1. The van der Waals surface area contributed by atoms with Crippen LogP contribution in [0.5, 0.6) is 0 Å². The molecule has 1 aliphatic carbocycles. The van der Waals surface area contributed by atoms with Crippen LogP contribution in [0.3, 0.4) is 0 Å². The molecule has 1 heterocycles. The number of aliphatic hydroxyl groups is 1. The molecule has 1 N–H and O–H groups in total. The maximum atomic E-state index is 13.2. The van der Waals surface area contributed by atoms with Gasteiger partial charge in [0.05, 0.1) is 16.8 Å². The van der Waals surface area contributed by atoms with Crippen LogP contribution in [-0.2, 0) is 9.84 Å². The van der Waals surface area contributed by atoms with Crippen LogP contribution in [0.2, 0.25) is 0 Å². The Morgan fingerprint density at radius 3 is 2.24 bits per heavy atom. The van der Waals surface area contributed by atoms with Crippen molar-refractivity contribution in [3.8, 4) is 0 Å². The highest BCUT2D eigenvalue weighted by molar-refractivity contribution is 7.91. The van der Waals surface area contributed by atoms with Gasteiger partial charge < -0.3 is 5.11 Å². The van der Waals surface area contributed by atoms with Crippen LogP contribution in [0.15, 0.2) is 59.5 Å². The summed E-state index contributed by atoms with van der Waals surface area (Å²) < 4.78 is 26.4. The quantitative estimate of drug-likeness (QED) is 0.843. The van der Waals surface area contributed by atoms with E-state index in [0.717, 1.165) is 43.2 Å². The molecular formula is C21H24O3S. The molecule has 2 aliphatic rings. The van der Waals surface area contributed by atoms with Crippen LogP contribution < -0.4 is 0 Å². The first-order valence-electron chi connectivity index (χ1n) is 9.08. The molecular weight excluding hydrogens is 332 g/mol. The summed E-state index contributed by atoms with van der Waals surface area (Å²) >= 11 is 0. The summed E-state index contributed by atoms with van der Waals surface area (Å²) in [6, 6.07) is 17.1. The minimum absolute atomic E-state index is 0.0571. The fraction of sp³-hybridized carbons (Fsp3) is 0.429. The molecule has 2 aromatic carbocycles. The van der Waals surface area contributed by atoms with Gasteiger partial charge in [0.25, 0.3) is 0 Å². The van der Waals surface area contributed by atoms with Gasteiger partial charge in [-0.3, -0.25) is 0 Å². The topological polar surface area (TPSA) is 54.4 Å². The SMILES string of the molecule is O=S1(=O)CC2(CCCCC2)[C@@H](O)[C@H](c2ccccc2)c2ccccc21. The van der Waals surface area contributed by atoms with E-state index >= 15 is 0 Å². The lowest BCUT2D eigenvalue weighted by atomic mass is 9.66. The molecule has 4 rings (SSSR count). The van der Waals surface area contributed by atoms with E-state index in [0.29, 0.717) is 4.90 Å². The first-order valence-corrected chi connectivity index (χ1v) is 10.7.